The molecular weight excluding hydrogens is 320 g/mol. The van der Waals surface area contributed by atoms with E-state index in [1.54, 1.807) is 0 Å². The number of rotatable bonds is 1. The van der Waals surface area contributed by atoms with Crippen LogP contribution < -0.4 is 0 Å². The molecule has 5 aromatic rings. The second-order valence-electron chi connectivity index (χ2n) is 5.56. The van der Waals surface area contributed by atoms with Crippen molar-refractivity contribution in [3.63, 3.8) is 0 Å². The number of nitrogens with zero attached hydrogens (tertiary/aromatic N) is 4. The summed E-state index contributed by atoms with van der Waals surface area (Å²) in [5.74, 6) is 0.768. The monoisotopic (exact) mass is 330 g/mol. The molecule has 0 fully saturated rings. The average molecular weight is 331 g/mol. The summed E-state index contributed by atoms with van der Waals surface area (Å²) in [6.07, 6.45) is 1.81. The third kappa shape index (κ3) is 1.83. The first-order valence-corrected chi connectivity index (χ1v) is 7.97. The molecule has 5 heteroatoms. The zero-order chi connectivity index (χ0) is 16.1. The summed E-state index contributed by atoms with van der Waals surface area (Å²) in [4.78, 5) is 13.4. The molecule has 0 atom stereocenters. The summed E-state index contributed by atoms with van der Waals surface area (Å²) in [5.41, 5.74) is 3.82. The molecule has 0 bridgehead atoms. The number of para-hydroxylation sites is 2. The molecule has 2 aromatic carbocycles. The minimum atomic E-state index is 0.235. The molecule has 0 unspecified atom stereocenters. The van der Waals surface area contributed by atoms with E-state index in [0.29, 0.717) is 0 Å². The van der Waals surface area contributed by atoms with E-state index in [1.165, 1.54) is 0 Å². The molecule has 5 rings (SSSR count). The quantitative estimate of drug-likeness (QED) is 0.416. The van der Waals surface area contributed by atoms with Gasteiger partial charge in [-0.1, -0.05) is 30.3 Å². The fraction of sp³-hybridized carbons (Fsp3) is 0. The Balaban J connectivity index is 2.03. The van der Waals surface area contributed by atoms with Crippen LogP contribution in [0.2, 0.25) is 5.28 Å². The van der Waals surface area contributed by atoms with Crippen LogP contribution in [-0.4, -0.2) is 19.5 Å². The van der Waals surface area contributed by atoms with Gasteiger partial charge in [0.05, 0.1) is 22.1 Å². The first-order valence-electron chi connectivity index (χ1n) is 7.60. The Hall–Kier alpha value is -2.98. The Labute approximate surface area is 142 Å². The zero-order valence-electron chi connectivity index (χ0n) is 12.5. The number of aromatic nitrogens is 4. The number of fused-ring (bicyclic) bond motifs is 4. The molecule has 0 aliphatic rings. The van der Waals surface area contributed by atoms with Crippen molar-refractivity contribution in [1.29, 1.82) is 0 Å². The van der Waals surface area contributed by atoms with Crippen molar-refractivity contribution >= 4 is 44.4 Å². The van der Waals surface area contributed by atoms with E-state index in [0.717, 1.165) is 38.7 Å². The van der Waals surface area contributed by atoms with E-state index in [9.17, 15) is 0 Å². The summed E-state index contributed by atoms with van der Waals surface area (Å²) in [5, 5.41) is 2.28. The van der Waals surface area contributed by atoms with Gasteiger partial charge in [-0.05, 0) is 41.9 Å². The van der Waals surface area contributed by atoms with Crippen molar-refractivity contribution in [3.8, 4) is 5.82 Å². The molecule has 0 amide bonds. The molecular formula is C19H11ClN4. The van der Waals surface area contributed by atoms with Crippen LogP contribution >= 0.6 is 11.6 Å². The maximum Gasteiger partial charge on any atom is 0.224 e. The van der Waals surface area contributed by atoms with E-state index >= 15 is 0 Å². The Bertz CT molecular complexity index is 1170. The minimum Gasteiger partial charge on any atom is -0.291 e. The van der Waals surface area contributed by atoms with Gasteiger partial charge < -0.3 is 0 Å². The van der Waals surface area contributed by atoms with Crippen molar-refractivity contribution in [2.45, 2.75) is 0 Å². The fourth-order valence-corrected chi connectivity index (χ4v) is 3.39. The van der Waals surface area contributed by atoms with Crippen molar-refractivity contribution < 1.29 is 0 Å². The number of hydrogen-bond donors (Lipinski definition) is 0. The van der Waals surface area contributed by atoms with Crippen LogP contribution in [0.3, 0.4) is 0 Å². The molecule has 24 heavy (non-hydrogen) atoms. The van der Waals surface area contributed by atoms with E-state index in [2.05, 4.69) is 31.7 Å². The van der Waals surface area contributed by atoms with E-state index in [-0.39, 0.29) is 5.28 Å². The van der Waals surface area contributed by atoms with Crippen molar-refractivity contribution in [2.24, 2.45) is 0 Å². The highest BCUT2D eigenvalue weighted by molar-refractivity contribution is 6.28. The Morgan fingerprint density at radius 3 is 2.42 bits per heavy atom. The van der Waals surface area contributed by atoms with Gasteiger partial charge in [0.2, 0.25) is 5.28 Å². The van der Waals surface area contributed by atoms with Crippen molar-refractivity contribution in [3.05, 3.63) is 72.1 Å². The minimum absolute atomic E-state index is 0.235. The highest BCUT2D eigenvalue weighted by atomic mass is 35.5. The largest absolute Gasteiger partial charge is 0.291 e. The molecule has 0 aliphatic heterocycles. The predicted molar refractivity (Wildman–Crippen MR) is 96.7 cm³/mol. The Morgan fingerprint density at radius 1 is 0.750 bits per heavy atom. The number of hydrogen-bond acceptors (Lipinski definition) is 3. The van der Waals surface area contributed by atoms with E-state index in [4.69, 9.17) is 11.6 Å². The second kappa shape index (κ2) is 5.01. The lowest BCUT2D eigenvalue weighted by molar-refractivity contribution is 1.07. The van der Waals surface area contributed by atoms with Crippen LogP contribution in [0.1, 0.15) is 0 Å². The van der Waals surface area contributed by atoms with Crippen molar-refractivity contribution in [1.82, 2.24) is 19.5 Å². The molecule has 0 spiro atoms. The number of benzene rings is 2. The van der Waals surface area contributed by atoms with Gasteiger partial charge in [0.1, 0.15) is 0 Å². The lowest BCUT2D eigenvalue weighted by Crippen LogP contribution is -2.00. The standard InChI is InChI=1S/C19H11ClN4/c20-19-22-14-8-3-1-6-12(14)18(23-19)24-15-9-4-2-7-13(15)17-16(24)10-5-11-21-17/h1-11H. The third-order valence-electron chi connectivity index (χ3n) is 4.20. The molecule has 4 nitrogen and oxygen atoms in total. The lowest BCUT2D eigenvalue weighted by Gasteiger charge is -2.10. The van der Waals surface area contributed by atoms with Gasteiger partial charge in [0.25, 0.3) is 0 Å². The van der Waals surface area contributed by atoms with E-state index in [1.807, 2.05) is 54.7 Å². The Kier molecular flexibility index (Phi) is 2.81. The van der Waals surface area contributed by atoms with Crippen molar-refractivity contribution in [2.75, 3.05) is 0 Å². The summed E-state index contributed by atoms with van der Waals surface area (Å²) >= 11 is 6.19. The maximum atomic E-state index is 6.19. The highest BCUT2D eigenvalue weighted by Crippen LogP contribution is 2.32. The van der Waals surface area contributed by atoms with Gasteiger partial charge in [-0.2, -0.15) is 4.98 Å². The molecule has 0 N–H and O–H groups in total. The van der Waals surface area contributed by atoms with Gasteiger partial charge in [0.15, 0.2) is 5.82 Å². The summed E-state index contributed by atoms with van der Waals surface area (Å²) in [7, 11) is 0. The molecule has 0 saturated carbocycles. The maximum absolute atomic E-state index is 6.19. The third-order valence-corrected chi connectivity index (χ3v) is 4.36. The van der Waals surface area contributed by atoms with Crippen LogP contribution in [0.4, 0.5) is 0 Å². The zero-order valence-corrected chi connectivity index (χ0v) is 13.3. The number of halogens is 1. The van der Waals surface area contributed by atoms with Gasteiger partial charge in [-0.15, -0.1) is 0 Å². The van der Waals surface area contributed by atoms with Gasteiger partial charge in [-0.3, -0.25) is 9.55 Å². The van der Waals surface area contributed by atoms with E-state index < -0.39 is 0 Å². The molecule has 0 saturated heterocycles. The average Bonchev–Trinajstić information content (AvgIpc) is 2.95. The van der Waals surface area contributed by atoms with Crippen LogP contribution in [0, 0.1) is 0 Å². The van der Waals surface area contributed by atoms with Crippen LogP contribution in [0.25, 0.3) is 38.7 Å². The molecule has 3 aromatic heterocycles. The van der Waals surface area contributed by atoms with Gasteiger partial charge in [0, 0.05) is 17.0 Å². The molecule has 114 valence electrons. The van der Waals surface area contributed by atoms with Gasteiger partial charge >= 0.3 is 0 Å². The molecule has 0 radical (unpaired) electrons. The van der Waals surface area contributed by atoms with Crippen LogP contribution in [0.5, 0.6) is 0 Å². The first kappa shape index (κ1) is 13.5. The summed E-state index contributed by atoms with van der Waals surface area (Å²) < 4.78 is 2.10. The second-order valence-corrected chi connectivity index (χ2v) is 5.90. The summed E-state index contributed by atoms with van der Waals surface area (Å²) in [6, 6.07) is 20.0. The number of pyridine rings is 1. The van der Waals surface area contributed by atoms with Crippen LogP contribution in [0.15, 0.2) is 66.9 Å². The fourth-order valence-electron chi connectivity index (χ4n) is 3.21. The first-order chi connectivity index (χ1) is 11.8. The SMILES string of the molecule is Clc1nc(-n2c3ccccc3c3ncccc32)c2ccccc2n1. The Morgan fingerprint density at radius 2 is 1.50 bits per heavy atom. The highest BCUT2D eigenvalue weighted by Gasteiger charge is 2.16. The topological polar surface area (TPSA) is 43.6 Å². The smallest absolute Gasteiger partial charge is 0.224 e. The normalized spacial score (nSPS) is 11.5. The summed E-state index contributed by atoms with van der Waals surface area (Å²) in [6.45, 7) is 0. The van der Waals surface area contributed by atoms with Crippen LogP contribution in [-0.2, 0) is 0 Å². The molecule has 3 heterocycles. The molecule has 0 aliphatic carbocycles. The van der Waals surface area contributed by atoms with Gasteiger partial charge in [-0.25, -0.2) is 4.98 Å². The lowest BCUT2D eigenvalue weighted by atomic mass is 10.2. The predicted octanol–water partition coefficient (Wildman–Crippen LogP) is 4.78.